The highest BCUT2D eigenvalue weighted by Crippen LogP contribution is 2.16. The zero-order valence-electron chi connectivity index (χ0n) is 12.7. The number of halogens is 1. The van der Waals surface area contributed by atoms with Crippen molar-refractivity contribution in [2.75, 3.05) is 7.05 Å². The number of amides is 1. The number of nitrogens with zero attached hydrogens (tertiary/aromatic N) is 2. The fourth-order valence-corrected chi connectivity index (χ4v) is 2.08. The van der Waals surface area contributed by atoms with Gasteiger partial charge in [0.05, 0.1) is 12.2 Å². The molecule has 0 saturated carbocycles. The summed E-state index contributed by atoms with van der Waals surface area (Å²) in [5.41, 5.74) is 2.25. The molecular weight excluding hydrogens is 283 g/mol. The molecular formula is C17H19FN2O2. The third-order valence-electron chi connectivity index (χ3n) is 3.49. The first-order valence-electron chi connectivity index (χ1n) is 7.13. The number of rotatable bonds is 5. The van der Waals surface area contributed by atoms with Crippen molar-refractivity contribution >= 4 is 5.91 Å². The average molecular weight is 302 g/mol. The van der Waals surface area contributed by atoms with E-state index in [1.165, 1.54) is 29.2 Å². The molecule has 0 spiro atoms. The second-order valence-electron chi connectivity index (χ2n) is 5.16. The van der Waals surface area contributed by atoms with E-state index in [-0.39, 0.29) is 0 Å². The molecule has 1 aromatic heterocycles. The molecule has 5 heteroatoms. The van der Waals surface area contributed by atoms with Gasteiger partial charge in [-0.1, -0.05) is 25.1 Å². The number of aliphatic hydroxyl groups is 1. The first kappa shape index (κ1) is 16.1. The molecule has 0 unspecified atom stereocenters. The minimum absolute atomic E-state index is 0.307. The molecule has 0 saturated heterocycles. The quantitative estimate of drug-likeness (QED) is 0.923. The normalized spacial score (nSPS) is 12.0. The number of aliphatic hydroxyl groups excluding tert-OH is 1. The molecule has 0 bridgehead atoms. The molecule has 1 amide bonds. The van der Waals surface area contributed by atoms with Gasteiger partial charge < -0.3 is 10.0 Å². The van der Waals surface area contributed by atoms with E-state index >= 15 is 0 Å². The van der Waals surface area contributed by atoms with E-state index < -0.39 is 17.8 Å². The summed E-state index contributed by atoms with van der Waals surface area (Å²) in [4.78, 5) is 17.9. The van der Waals surface area contributed by atoms with Gasteiger partial charge >= 0.3 is 0 Å². The summed E-state index contributed by atoms with van der Waals surface area (Å²) in [6, 6.07) is 9.08. The number of aryl methyl sites for hydroxylation is 1. The lowest BCUT2D eigenvalue weighted by molar-refractivity contribution is -0.139. The molecule has 0 aliphatic heterocycles. The molecule has 1 aromatic carbocycles. The van der Waals surface area contributed by atoms with Gasteiger partial charge in [0.25, 0.3) is 5.91 Å². The van der Waals surface area contributed by atoms with Gasteiger partial charge in [0, 0.05) is 13.2 Å². The number of pyridine rings is 1. The highest BCUT2D eigenvalue weighted by Gasteiger charge is 2.21. The first-order chi connectivity index (χ1) is 10.5. The Hall–Kier alpha value is -2.27. The second-order valence-corrected chi connectivity index (χ2v) is 5.16. The van der Waals surface area contributed by atoms with Crippen LogP contribution in [0.15, 0.2) is 42.6 Å². The van der Waals surface area contributed by atoms with Crippen LogP contribution in [0.25, 0.3) is 0 Å². The van der Waals surface area contributed by atoms with Gasteiger partial charge in [0.2, 0.25) is 0 Å². The second kappa shape index (κ2) is 7.13. The van der Waals surface area contributed by atoms with E-state index in [9.17, 15) is 14.3 Å². The maximum atomic E-state index is 12.9. The van der Waals surface area contributed by atoms with Crippen LogP contribution in [0, 0.1) is 5.82 Å². The number of aromatic nitrogens is 1. The van der Waals surface area contributed by atoms with Crippen molar-refractivity contribution in [1.29, 1.82) is 0 Å². The number of hydrogen-bond acceptors (Lipinski definition) is 3. The number of carbonyl (C=O) groups is 1. The van der Waals surface area contributed by atoms with E-state index in [1.54, 1.807) is 13.2 Å². The van der Waals surface area contributed by atoms with Crippen LogP contribution in [-0.4, -0.2) is 27.9 Å². The Bertz CT molecular complexity index is 626. The van der Waals surface area contributed by atoms with Crippen molar-refractivity contribution in [2.24, 2.45) is 0 Å². The van der Waals surface area contributed by atoms with E-state index in [2.05, 4.69) is 4.98 Å². The van der Waals surface area contributed by atoms with E-state index in [1.807, 2.05) is 19.1 Å². The van der Waals surface area contributed by atoms with Crippen molar-refractivity contribution in [3.05, 3.63) is 65.2 Å². The van der Waals surface area contributed by atoms with Crippen LogP contribution in [0.2, 0.25) is 0 Å². The lowest BCUT2D eigenvalue weighted by Crippen LogP contribution is -2.31. The standard InChI is InChI=1S/C17H19FN2O2/c1-3-12-4-9-15(19-10-12)11-20(2)17(22)16(21)13-5-7-14(18)8-6-13/h4-10,16,21H,3,11H2,1-2H3/t16-/m1/s1. The Morgan fingerprint density at radius 1 is 1.27 bits per heavy atom. The predicted molar refractivity (Wildman–Crippen MR) is 81.4 cm³/mol. The Balaban J connectivity index is 2.02. The van der Waals surface area contributed by atoms with E-state index in [0.29, 0.717) is 12.1 Å². The Labute approximate surface area is 129 Å². The summed E-state index contributed by atoms with van der Waals surface area (Å²) in [5, 5.41) is 10.1. The van der Waals surface area contributed by atoms with E-state index in [4.69, 9.17) is 0 Å². The smallest absolute Gasteiger partial charge is 0.256 e. The van der Waals surface area contributed by atoms with Gasteiger partial charge in [0.1, 0.15) is 5.82 Å². The van der Waals surface area contributed by atoms with Gasteiger partial charge in [-0.3, -0.25) is 9.78 Å². The minimum Gasteiger partial charge on any atom is -0.378 e. The van der Waals surface area contributed by atoms with Crippen LogP contribution in [0.1, 0.15) is 29.8 Å². The summed E-state index contributed by atoms with van der Waals surface area (Å²) >= 11 is 0. The summed E-state index contributed by atoms with van der Waals surface area (Å²) in [7, 11) is 1.60. The molecule has 0 radical (unpaired) electrons. The maximum absolute atomic E-state index is 12.9. The molecule has 1 heterocycles. The number of likely N-dealkylation sites (N-methyl/N-ethyl adjacent to an activating group) is 1. The molecule has 0 aliphatic rings. The Kier molecular flexibility index (Phi) is 5.22. The zero-order chi connectivity index (χ0) is 16.1. The maximum Gasteiger partial charge on any atom is 0.256 e. The van der Waals surface area contributed by atoms with Gasteiger partial charge in [-0.15, -0.1) is 0 Å². The van der Waals surface area contributed by atoms with Crippen LogP contribution in [-0.2, 0) is 17.8 Å². The predicted octanol–water partition coefficient (Wildman–Crippen LogP) is 2.48. The lowest BCUT2D eigenvalue weighted by atomic mass is 10.1. The monoisotopic (exact) mass is 302 g/mol. The minimum atomic E-state index is -1.31. The molecule has 1 N–H and O–H groups in total. The Morgan fingerprint density at radius 2 is 1.95 bits per heavy atom. The van der Waals surface area contributed by atoms with Gasteiger partial charge in [-0.05, 0) is 35.7 Å². The van der Waals surface area contributed by atoms with Crippen LogP contribution >= 0.6 is 0 Å². The largest absolute Gasteiger partial charge is 0.378 e. The summed E-state index contributed by atoms with van der Waals surface area (Å²) < 4.78 is 12.9. The zero-order valence-corrected chi connectivity index (χ0v) is 12.7. The third kappa shape index (κ3) is 3.89. The molecule has 0 fully saturated rings. The van der Waals surface area contributed by atoms with E-state index in [0.717, 1.165) is 17.7 Å². The molecule has 4 nitrogen and oxygen atoms in total. The topological polar surface area (TPSA) is 53.4 Å². The van der Waals surface area contributed by atoms with Crippen molar-refractivity contribution in [1.82, 2.24) is 9.88 Å². The average Bonchev–Trinajstić information content (AvgIpc) is 2.55. The highest BCUT2D eigenvalue weighted by atomic mass is 19.1. The van der Waals surface area contributed by atoms with Gasteiger partial charge in [-0.2, -0.15) is 0 Å². The van der Waals surface area contributed by atoms with Gasteiger partial charge in [-0.25, -0.2) is 4.39 Å². The lowest BCUT2D eigenvalue weighted by Gasteiger charge is -2.20. The SMILES string of the molecule is CCc1ccc(CN(C)C(=O)[C@H](O)c2ccc(F)cc2)nc1. The van der Waals surface area contributed by atoms with Crippen molar-refractivity contribution in [2.45, 2.75) is 26.0 Å². The molecule has 0 aliphatic carbocycles. The summed E-state index contributed by atoms with van der Waals surface area (Å²) in [5.74, 6) is -0.857. The molecule has 2 aromatic rings. The van der Waals surface area contributed by atoms with Crippen molar-refractivity contribution in [3.8, 4) is 0 Å². The summed E-state index contributed by atoms with van der Waals surface area (Å²) in [6.07, 6.45) is 1.38. The molecule has 116 valence electrons. The van der Waals surface area contributed by atoms with Crippen LogP contribution in [0.5, 0.6) is 0 Å². The molecule has 22 heavy (non-hydrogen) atoms. The fourth-order valence-electron chi connectivity index (χ4n) is 2.08. The fraction of sp³-hybridized carbons (Fsp3) is 0.294. The van der Waals surface area contributed by atoms with Gasteiger partial charge in [0.15, 0.2) is 6.10 Å². The van der Waals surface area contributed by atoms with Crippen LogP contribution in [0.3, 0.4) is 0 Å². The van der Waals surface area contributed by atoms with Crippen LogP contribution < -0.4 is 0 Å². The van der Waals surface area contributed by atoms with Crippen LogP contribution in [0.4, 0.5) is 4.39 Å². The van der Waals surface area contributed by atoms with Crippen molar-refractivity contribution < 1.29 is 14.3 Å². The molecule has 2 rings (SSSR count). The number of hydrogen-bond donors (Lipinski definition) is 1. The van der Waals surface area contributed by atoms with Crippen molar-refractivity contribution in [3.63, 3.8) is 0 Å². The third-order valence-corrected chi connectivity index (χ3v) is 3.49. The summed E-state index contributed by atoms with van der Waals surface area (Å²) in [6.45, 7) is 2.35. The highest BCUT2D eigenvalue weighted by molar-refractivity contribution is 5.81. The number of benzene rings is 1. The Morgan fingerprint density at radius 3 is 2.50 bits per heavy atom. The first-order valence-corrected chi connectivity index (χ1v) is 7.13. The molecule has 1 atom stereocenters. The number of carbonyl (C=O) groups excluding carboxylic acids is 1.